The van der Waals surface area contributed by atoms with Crippen LogP contribution in [-0.2, 0) is 68.6 Å². The molecule has 6 rings (SSSR count). The van der Waals surface area contributed by atoms with Crippen molar-refractivity contribution in [3.8, 4) is 0 Å². The molecule has 0 atom stereocenters. The highest BCUT2D eigenvalue weighted by molar-refractivity contribution is 5.86. The van der Waals surface area contributed by atoms with E-state index in [-0.39, 0.29) is 11.9 Å². The van der Waals surface area contributed by atoms with Gasteiger partial charge in [-0.15, -0.1) is 0 Å². The van der Waals surface area contributed by atoms with E-state index in [1.807, 2.05) is 78.6 Å². The van der Waals surface area contributed by atoms with Gasteiger partial charge < -0.3 is 28.1 Å². The van der Waals surface area contributed by atoms with Crippen LogP contribution < -0.4 is 0 Å². The minimum Gasteiger partial charge on any atom is -0.463 e. The van der Waals surface area contributed by atoms with E-state index in [4.69, 9.17) is 18.9 Å². The largest absolute Gasteiger partial charge is 0.463 e. The normalized spacial score (nSPS) is 25.9. The number of methoxy groups -OCH3 is 2. The van der Waals surface area contributed by atoms with E-state index in [1.54, 1.807) is 0 Å². The lowest BCUT2D eigenvalue weighted by Gasteiger charge is -2.42. The summed E-state index contributed by atoms with van der Waals surface area (Å²) in [7, 11) is 6.51. The molecule has 0 N–H and O–H groups in total. The van der Waals surface area contributed by atoms with Gasteiger partial charge in [-0.1, -0.05) is 0 Å². The first kappa shape index (κ1) is 43.3. The van der Waals surface area contributed by atoms with E-state index in [0.717, 1.165) is 113 Å². The molecule has 14 nitrogen and oxygen atoms in total. The number of fused-ring (bicyclic) bond motifs is 2. The van der Waals surface area contributed by atoms with Crippen LogP contribution in [-0.4, -0.2) is 103 Å². The third-order valence-electron chi connectivity index (χ3n) is 12.2. The second-order valence-electron chi connectivity index (χ2n) is 18.8. The maximum atomic E-state index is 12.6. The summed E-state index contributed by atoms with van der Waals surface area (Å²) in [4.78, 5) is 63.0. The molecule has 0 radical (unpaired) electrons. The van der Waals surface area contributed by atoms with E-state index < -0.39 is 34.0 Å². The predicted molar refractivity (Wildman–Crippen MR) is 210 cm³/mol. The quantitative estimate of drug-likeness (QED) is 0.261. The Morgan fingerprint density at radius 3 is 1.21 bits per heavy atom. The summed E-state index contributed by atoms with van der Waals surface area (Å²) >= 11 is 0. The molecule has 0 amide bonds. The maximum Gasteiger partial charge on any atom is 0.374 e. The highest BCUT2D eigenvalue weighted by atomic mass is 16.6. The van der Waals surface area contributed by atoms with Gasteiger partial charge in [-0.2, -0.15) is 0 Å². The number of hydrogen-bond donors (Lipinski definition) is 0. The zero-order chi connectivity index (χ0) is 41.4. The number of aromatic nitrogens is 4. The summed E-state index contributed by atoms with van der Waals surface area (Å²) in [6.45, 7) is 19.0. The van der Waals surface area contributed by atoms with Gasteiger partial charge in [0.05, 0.1) is 36.4 Å². The Labute approximate surface area is 333 Å². The molecule has 0 spiro atoms. The molecule has 0 saturated heterocycles. The van der Waals surface area contributed by atoms with Crippen LogP contribution in [0.4, 0.5) is 0 Å². The smallest absolute Gasteiger partial charge is 0.374 e. The Morgan fingerprint density at radius 1 is 0.607 bits per heavy atom. The summed E-state index contributed by atoms with van der Waals surface area (Å²) in [5, 5.41) is 0. The molecule has 14 heteroatoms. The van der Waals surface area contributed by atoms with E-state index in [9.17, 15) is 19.2 Å². The molecule has 2 aromatic heterocycles. The van der Waals surface area contributed by atoms with E-state index in [2.05, 4.69) is 19.8 Å². The van der Waals surface area contributed by atoms with Crippen LogP contribution in [0.3, 0.4) is 0 Å². The van der Waals surface area contributed by atoms with Gasteiger partial charge in [-0.25, -0.2) is 19.6 Å². The predicted octanol–water partition coefficient (Wildman–Crippen LogP) is 5.71. The first-order chi connectivity index (χ1) is 26.1. The number of imidazole rings is 2. The third kappa shape index (κ3) is 9.66. The minimum absolute atomic E-state index is 0.0770. The highest BCUT2D eigenvalue weighted by Gasteiger charge is 2.44. The molecule has 2 aliphatic carbocycles. The fourth-order valence-electron chi connectivity index (χ4n) is 8.69. The number of hydrogen-bond acceptors (Lipinski definition) is 12. The van der Waals surface area contributed by atoms with Crippen LogP contribution in [0, 0.1) is 10.8 Å². The van der Waals surface area contributed by atoms with Crippen molar-refractivity contribution in [1.29, 1.82) is 0 Å². The molecule has 2 aliphatic heterocycles. The lowest BCUT2D eigenvalue weighted by atomic mass is 9.73. The topological polar surface area (TPSA) is 147 Å². The number of rotatable bonds is 6. The van der Waals surface area contributed by atoms with Crippen LogP contribution in [0.2, 0.25) is 0 Å². The molecule has 4 heterocycles. The molecule has 56 heavy (non-hydrogen) atoms. The second-order valence-corrected chi connectivity index (χ2v) is 18.8. The van der Waals surface area contributed by atoms with Gasteiger partial charge in [-0.3, -0.25) is 19.4 Å². The van der Waals surface area contributed by atoms with Crippen LogP contribution >= 0.6 is 0 Å². The number of carbonyl (C=O) groups is 4. The molecule has 2 aromatic rings. The summed E-state index contributed by atoms with van der Waals surface area (Å²) in [5.41, 5.74) is 2.48. The maximum absolute atomic E-state index is 12.6. The molecule has 0 unspecified atom stereocenters. The molecule has 2 saturated carbocycles. The van der Waals surface area contributed by atoms with E-state index >= 15 is 0 Å². The van der Waals surface area contributed by atoms with Crippen molar-refractivity contribution < 1.29 is 38.1 Å². The highest BCUT2D eigenvalue weighted by Crippen LogP contribution is 2.42. The zero-order valence-electron chi connectivity index (χ0n) is 36.0. The van der Waals surface area contributed by atoms with Gasteiger partial charge in [-0.05, 0) is 107 Å². The molecule has 0 aromatic carbocycles. The van der Waals surface area contributed by atoms with Crippen molar-refractivity contribution >= 4 is 23.9 Å². The molecular weight excluding hydrogens is 716 g/mol. The van der Waals surface area contributed by atoms with Crippen LogP contribution in [0.1, 0.15) is 151 Å². The number of esters is 4. The monoisotopic (exact) mass is 782 g/mol. The van der Waals surface area contributed by atoms with Crippen molar-refractivity contribution in [3.63, 3.8) is 0 Å². The number of nitrogens with zero attached hydrogens (tertiary/aromatic N) is 6. The number of carbonyl (C=O) groups excluding carboxylic acids is 4. The summed E-state index contributed by atoms with van der Waals surface area (Å²) < 4.78 is 24.7. The second kappa shape index (κ2) is 16.6. The Bertz CT molecular complexity index is 1640. The first-order valence-corrected chi connectivity index (χ1v) is 20.3. The van der Waals surface area contributed by atoms with Gasteiger partial charge in [0.15, 0.2) is 0 Å². The summed E-state index contributed by atoms with van der Waals surface area (Å²) in [6, 6.07) is 0.875. The van der Waals surface area contributed by atoms with Gasteiger partial charge in [0.2, 0.25) is 11.6 Å². The van der Waals surface area contributed by atoms with Crippen molar-refractivity contribution in [3.05, 3.63) is 34.4 Å². The van der Waals surface area contributed by atoms with E-state index in [1.165, 1.54) is 14.2 Å². The Morgan fingerprint density at radius 2 is 0.929 bits per heavy atom. The van der Waals surface area contributed by atoms with Gasteiger partial charge in [0.1, 0.15) is 11.2 Å². The minimum atomic E-state index is -0.448. The molecule has 0 bridgehead atoms. The fraction of sp³-hybridized carbons (Fsp3) is 0.762. The number of ether oxygens (including phenoxy) is 4. The van der Waals surface area contributed by atoms with Gasteiger partial charge in [0, 0.05) is 76.6 Å². The zero-order valence-corrected chi connectivity index (χ0v) is 36.0. The fourth-order valence-corrected chi connectivity index (χ4v) is 8.69. The molecule has 312 valence electrons. The van der Waals surface area contributed by atoms with Gasteiger partial charge >= 0.3 is 23.9 Å². The third-order valence-corrected chi connectivity index (χ3v) is 12.2. The van der Waals surface area contributed by atoms with Gasteiger partial charge in [0.25, 0.3) is 0 Å². The standard InChI is InChI=1S/2C21H33N3O4/c2*1-20(2,3)28-19(26)21(4)10-7-14(8-11-21)24-12-9-16-15(13-24)22-17(23(16)5)18(25)27-6/h2*14H,7-13H2,1-6H3. The summed E-state index contributed by atoms with van der Waals surface area (Å²) in [6.07, 6.45) is 8.99. The lowest BCUT2D eigenvalue weighted by Crippen LogP contribution is -2.46. The van der Waals surface area contributed by atoms with E-state index in [0.29, 0.717) is 23.7 Å². The SMILES string of the molecule is COC(=O)c1nc2c(n1C)CCN(C1CCC(C)(C(=O)OC(C)(C)C)CC1)C2.COC(=O)c1nc2c(n1C)CCN(C1CCC(C)(C(=O)OC(C)(C)C)CC1)C2. The Kier molecular flexibility index (Phi) is 12.8. The molecule has 2 fully saturated rings. The molecular formula is C42H66N6O8. The van der Waals surface area contributed by atoms with Crippen molar-refractivity contribution in [2.24, 2.45) is 24.9 Å². The van der Waals surface area contributed by atoms with Crippen molar-refractivity contribution in [2.45, 2.75) is 156 Å². The lowest BCUT2D eigenvalue weighted by molar-refractivity contribution is -0.170. The van der Waals surface area contributed by atoms with Crippen molar-refractivity contribution in [1.82, 2.24) is 28.9 Å². The van der Waals surface area contributed by atoms with Crippen LogP contribution in [0.25, 0.3) is 0 Å². The molecule has 4 aliphatic rings. The first-order valence-electron chi connectivity index (χ1n) is 20.3. The summed E-state index contributed by atoms with van der Waals surface area (Å²) in [5.74, 6) is -0.201. The van der Waals surface area contributed by atoms with Crippen molar-refractivity contribution in [2.75, 3.05) is 27.3 Å². The van der Waals surface area contributed by atoms with Crippen LogP contribution in [0.5, 0.6) is 0 Å². The van der Waals surface area contributed by atoms with Crippen LogP contribution in [0.15, 0.2) is 0 Å². The average Bonchev–Trinajstić information content (AvgIpc) is 3.65. The Hall–Kier alpha value is -3.78. The average molecular weight is 783 g/mol. The Balaban J connectivity index is 0.000000214.